The smallest absolute Gasteiger partial charge is 0.355 e. The summed E-state index contributed by atoms with van der Waals surface area (Å²) in [6.45, 7) is -0.501. The predicted molar refractivity (Wildman–Crippen MR) is 125 cm³/mol. The van der Waals surface area contributed by atoms with E-state index >= 15 is 0 Å². The first-order valence-corrected chi connectivity index (χ1v) is 10.6. The molecule has 176 valence electrons. The molecule has 4 aromatic rings. The minimum atomic E-state index is -0.915. The Labute approximate surface area is 202 Å². The highest BCUT2D eigenvalue weighted by atomic mass is 35.5. The molecule has 0 bridgehead atoms. The van der Waals surface area contributed by atoms with Crippen LogP contribution in [0.1, 0.15) is 12.0 Å². The van der Waals surface area contributed by atoms with Crippen LogP contribution in [0.2, 0.25) is 5.02 Å². The zero-order chi connectivity index (χ0) is 24.8. The number of ether oxygens (including phenoxy) is 1. The Balaban J connectivity index is 1.67. The van der Waals surface area contributed by atoms with Gasteiger partial charge in [-0.05, 0) is 47.1 Å². The van der Waals surface area contributed by atoms with Crippen LogP contribution < -0.4 is 21.4 Å². The second-order valence-corrected chi connectivity index (χ2v) is 7.70. The van der Waals surface area contributed by atoms with Gasteiger partial charge in [-0.1, -0.05) is 23.7 Å². The first kappa shape index (κ1) is 23.5. The standard InChI is InChI=1S/C23H17ClN6O5/c24-16-3-1-15(2-4-16)13-29-21(27-22(32)30(23(29)33)14-18(31)9-11-25)26-17-5-7-19(8-6-17)35-20-10-12-34-28-20/h1-8,10,12H,9,13-14H2,(H,26,27,32). The Hall–Kier alpha value is -4.69. The van der Waals surface area contributed by atoms with Crippen LogP contribution in [0, 0.1) is 11.3 Å². The van der Waals surface area contributed by atoms with Crippen LogP contribution in [-0.4, -0.2) is 25.1 Å². The SMILES string of the molecule is N#CCC(=O)Cn1c(=O)nc(Nc2ccc(Oc3ccon3)cc2)n(Cc2ccc(Cl)cc2)c1=O. The molecule has 12 heteroatoms. The minimum Gasteiger partial charge on any atom is -0.436 e. The molecule has 0 unspecified atom stereocenters. The lowest BCUT2D eigenvalue weighted by Crippen LogP contribution is -2.44. The first-order chi connectivity index (χ1) is 16.9. The third-order valence-electron chi connectivity index (χ3n) is 4.76. The van der Waals surface area contributed by atoms with E-state index in [1.54, 1.807) is 60.7 Å². The van der Waals surface area contributed by atoms with Gasteiger partial charge in [-0.3, -0.25) is 9.36 Å². The van der Waals surface area contributed by atoms with E-state index in [4.69, 9.17) is 26.1 Å². The average Bonchev–Trinajstić information content (AvgIpc) is 3.35. The fourth-order valence-electron chi connectivity index (χ4n) is 3.11. The van der Waals surface area contributed by atoms with E-state index in [2.05, 4.69) is 15.5 Å². The summed E-state index contributed by atoms with van der Waals surface area (Å²) in [7, 11) is 0. The summed E-state index contributed by atoms with van der Waals surface area (Å²) in [4.78, 5) is 41.7. The molecule has 1 N–H and O–H groups in total. The number of halogens is 1. The highest BCUT2D eigenvalue weighted by Crippen LogP contribution is 2.23. The molecule has 2 aromatic carbocycles. The van der Waals surface area contributed by atoms with E-state index in [-0.39, 0.29) is 12.5 Å². The topological polar surface area (TPSA) is 145 Å². The summed E-state index contributed by atoms with van der Waals surface area (Å²) < 4.78 is 12.2. The van der Waals surface area contributed by atoms with Crippen molar-refractivity contribution in [3.8, 4) is 17.7 Å². The molecule has 2 heterocycles. The zero-order valence-corrected chi connectivity index (χ0v) is 18.8. The van der Waals surface area contributed by atoms with Gasteiger partial charge >= 0.3 is 11.4 Å². The van der Waals surface area contributed by atoms with Crippen LogP contribution in [-0.2, 0) is 17.9 Å². The van der Waals surface area contributed by atoms with Gasteiger partial charge in [0, 0.05) is 16.8 Å². The van der Waals surface area contributed by atoms with E-state index in [9.17, 15) is 14.4 Å². The third-order valence-corrected chi connectivity index (χ3v) is 5.01. The number of nitrogens with one attached hydrogen (secondary N) is 1. The Morgan fingerprint density at radius 2 is 1.83 bits per heavy atom. The summed E-state index contributed by atoms with van der Waals surface area (Å²) in [6, 6.07) is 16.7. The van der Waals surface area contributed by atoms with Gasteiger partial charge in [0.25, 0.3) is 5.88 Å². The molecular weight excluding hydrogens is 476 g/mol. The second-order valence-electron chi connectivity index (χ2n) is 7.26. The zero-order valence-electron chi connectivity index (χ0n) is 18.1. The number of carbonyl (C=O) groups excluding carboxylic acids is 1. The largest absolute Gasteiger partial charge is 0.436 e. The number of aromatic nitrogens is 4. The molecule has 0 aliphatic rings. The van der Waals surface area contributed by atoms with Crippen LogP contribution in [0.5, 0.6) is 11.6 Å². The van der Waals surface area contributed by atoms with E-state index in [1.807, 2.05) is 0 Å². The van der Waals surface area contributed by atoms with Crippen LogP contribution in [0.3, 0.4) is 0 Å². The van der Waals surface area contributed by atoms with Crippen molar-refractivity contribution in [3.63, 3.8) is 0 Å². The van der Waals surface area contributed by atoms with Crippen LogP contribution in [0.4, 0.5) is 11.6 Å². The first-order valence-electron chi connectivity index (χ1n) is 10.2. The van der Waals surface area contributed by atoms with Crippen LogP contribution in [0.25, 0.3) is 0 Å². The highest BCUT2D eigenvalue weighted by molar-refractivity contribution is 6.30. The van der Waals surface area contributed by atoms with Gasteiger partial charge in [0.15, 0.2) is 5.78 Å². The Morgan fingerprint density at radius 1 is 1.09 bits per heavy atom. The Kier molecular flexibility index (Phi) is 7.04. The van der Waals surface area contributed by atoms with E-state index in [1.165, 1.54) is 10.8 Å². The minimum absolute atomic E-state index is 0.0240. The van der Waals surface area contributed by atoms with Gasteiger partial charge in [0.2, 0.25) is 5.95 Å². The maximum absolute atomic E-state index is 13.2. The van der Waals surface area contributed by atoms with Gasteiger partial charge in [-0.15, -0.1) is 0 Å². The second kappa shape index (κ2) is 10.5. The summed E-state index contributed by atoms with van der Waals surface area (Å²) in [5, 5.41) is 15.9. The summed E-state index contributed by atoms with van der Waals surface area (Å²) in [6.07, 6.45) is 0.957. The normalized spacial score (nSPS) is 10.5. The molecule has 35 heavy (non-hydrogen) atoms. The highest BCUT2D eigenvalue weighted by Gasteiger charge is 2.16. The van der Waals surface area contributed by atoms with Crippen molar-refractivity contribution in [1.82, 2.24) is 19.3 Å². The fraction of sp³-hybridized carbons (Fsp3) is 0.130. The van der Waals surface area contributed by atoms with Crippen LogP contribution >= 0.6 is 11.6 Å². The van der Waals surface area contributed by atoms with Crippen molar-refractivity contribution < 1.29 is 14.1 Å². The van der Waals surface area contributed by atoms with Crippen molar-refractivity contribution in [2.75, 3.05) is 5.32 Å². The van der Waals surface area contributed by atoms with Crippen molar-refractivity contribution in [2.45, 2.75) is 19.5 Å². The van der Waals surface area contributed by atoms with E-state index < -0.39 is 30.1 Å². The monoisotopic (exact) mass is 492 g/mol. The number of carbonyl (C=O) groups is 1. The fourth-order valence-corrected chi connectivity index (χ4v) is 3.23. The summed E-state index contributed by atoms with van der Waals surface area (Å²) in [5.74, 6) is 0.181. The molecule has 11 nitrogen and oxygen atoms in total. The average molecular weight is 493 g/mol. The van der Waals surface area contributed by atoms with Gasteiger partial charge in [0.05, 0.1) is 25.6 Å². The van der Waals surface area contributed by atoms with Crippen molar-refractivity contribution in [1.29, 1.82) is 5.26 Å². The third kappa shape index (κ3) is 5.82. The molecule has 0 fully saturated rings. The number of hydrogen-bond acceptors (Lipinski definition) is 9. The lowest BCUT2D eigenvalue weighted by Gasteiger charge is -2.15. The number of benzene rings is 2. The molecule has 0 saturated heterocycles. The maximum atomic E-state index is 13.2. The summed E-state index contributed by atoms with van der Waals surface area (Å²) in [5.41, 5.74) is -0.430. The molecule has 0 radical (unpaired) electrons. The number of nitrogens with zero attached hydrogens (tertiary/aromatic N) is 5. The van der Waals surface area contributed by atoms with Gasteiger partial charge in [0.1, 0.15) is 12.0 Å². The molecule has 0 spiro atoms. The number of ketones is 1. The Bertz CT molecular complexity index is 1490. The number of nitriles is 1. The number of anilines is 2. The molecule has 4 rings (SSSR count). The van der Waals surface area contributed by atoms with E-state index in [0.717, 1.165) is 0 Å². The quantitative estimate of drug-likeness (QED) is 0.372. The van der Waals surface area contributed by atoms with Gasteiger partial charge in [-0.2, -0.15) is 10.2 Å². The lowest BCUT2D eigenvalue weighted by molar-refractivity contribution is -0.118. The Morgan fingerprint density at radius 3 is 2.49 bits per heavy atom. The summed E-state index contributed by atoms with van der Waals surface area (Å²) >= 11 is 5.95. The van der Waals surface area contributed by atoms with E-state index in [0.29, 0.717) is 32.5 Å². The van der Waals surface area contributed by atoms with Crippen molar-refractivity contribution in [3.05, 3.63) is 92.4 Å². The van der Waals surface area contributed by atoms with Gasteiger partial charge < -0.3 is 14.6 Å². The molecular formula is C23H17ClN6O5. The van der Waals surface area contributed by atoms with Crippen molar-refractivity contribution >= 4 is 29.0 Å². The predicted octanol–water partition coefficient (Wildman–Crippen LogP) is 3.11. The maximum Gasteiger partial charge on any atom is 0.355 e. The molecule has 0 saturated carbocycles. The van der Waals surface area contributed by atoms with Crippen molar-refractivity contribution in [2.24, 2.45) is 0 Å². The lowest BCUT2D eigenvalue weighted by atomic mass is 10.2. The van der Waals surface area contributed by atoms with Gasteiger partial charge in [-0.25, -0.2) is 14.2 Å². The number of Topliss-reactive ketones (excluding diaryl/α,β-unsaturated/α-hetero) is 1. The molecule has 0 atom stereocenters. The molecule has 0 aliphatic carbocycles. The molecule has 0 aliphatic heterocycles. The number of hydrogen-bond donors (Lipinski definition) is 1. The number of rotatable bonds is 9. The molecule has 2 aromatic heterocycles. The molecule has 0 amide bonds. The van der Waals surface area contributed by atoms with Crippen LogP contribution in [0.15, 0.2) is 75.0 Å².